The number of aromatic amines is 1. The molecule has 2 aliphatic rings. The minimum Gasteiger partial charge on any atom is -0.467 e. The summed E-state index contributed by atoms with van der Waals surface area (Å²) in [4.78, 5) is 30.7. The fraction of sp³-hybridized carbons (Fsp3) is 0.333. The number of nitrogens with zero attached hydrogens (tertiary/aromatic N) is 2. The summed E-state index contributed by atoms with van der Waals surface area (Å²) in [5.74, 6) is -1.33. The molecule has 0 radical (unpaired) electrons. The molecule has 1 amide bonds. The minimum atomic E-state index is -3.74. The number of carbonyl (C=O) groups is 2. The van der Waals surface area contributed by atoms with E-state index in [1.54, 1.807) is 12.1 Å². The summed E-state index contributed by atoms with van der Waals surface area (Å²) in [6.45, 7) is 0.119. The zero-order chi connectivity index (χ0) is 24.9. The minimum absolute atomic E-state index is 0.0595. The van der Waals surface area contributed by atoms with Crippen molar-refractivity contribution in [2.75, 3.05) is 26.1 Å². The maximum atomic E-state index is 13.0. The normalized spacial score (nSPS) is 20.9. The van der Waals surface area contributed by atoms with Crippen molar-refractivity contribution < 1.29 is 27.9 Å². The van der Waals surface area contributed by atoms with Crippen molar-refractivity contribution in [2.45, 2.75) is 29.5 Å². The van der Waals surface area contributed by atoms with Crippen LogP contribution in [-0.2, 0) is 30.8 Å². The van der Waals surface area contributed by atoms with Gasteiger partial charge in [-0.15, -0.1) is 11.6 Å². The van der Waals surface area contributed by atoms with Crippen molar-refractivity contribution in [3.05, 3.63) is 65.4 Å². The third kappa shape index (κ3) is 3.90. The second kappa shape index (κ2) is 8.94. The molecule has 9 nitrogen and oxygen atoms in total. The van der Waals surface area contributed by atoms with Gasteiger partial charge < -0.3 is 19.7 Å². The Bertz CT molecular complexity index is 1400. The van der Waals surface area contributed by atoms with Gasteiger partial charge in [-0.05, 0) is 29.3 Å². The molecule has 0 aliphatic carbocycles. The average molecular weight is 518 g/mol. The van der Waals surface area contributed by atoms with Gasteiger partial charge in [-0.25, -0.2) is 13.2 Å². The topological polar surface area (TPSA) is 120 Å². The van der Waals surface area contributed by atoms with E-state index >= 15 is 0 Å². The maximum absolute atomic E-state index is 13.0. The Balaban J connectivity index is 1.63. The van der Waals surface area contributed by atoms with E-state index in [4.69, 9.17) is 16.3 Å². The molecule has 1 saturated heterocycles. The zero-order valence-electron chi connectivity index (χ0n) is 18.8. The number of carbonyl (C=O) groups excluding carboxylic acids is 2. The number of esters is 1. The van der Waals surface area contributed by atoms with Crippen molar-refractivity contribution in [3.63, 3.8) is 0 Å². The molecule has 3 aromatic rings. The van der Waals surface area contributed by atoms with Crippen LogP contribution in [0.1, 0.15) is 22.9 Å². The first-order chi connectivity index (χ1) is 16.8. The predicted molar refractivity (Wildman–Crippen MR) is 128 cm³/mol. The van der Waals surface area contributed by atoms with Crippen molar-refractivity contribution in [3.8, 4) is 0 Å². The van der Waals surface area contributed by atoms with Gasteiger partial charge in [0, 0.05) is 36.1 Å². The Morgan fingerprint density at radius 3 is 2.46 bits per heavy atom. The Kier molecular flexibility index (Phi) is 6.08. The molecule has 0 saturated carbocycles. The Morgan fingerprint density at radius 2 is 1.83 bits per heavy atom. The highest BCUT2D eigenvalue weighted by atomic mass is 35.5. The summed E-state index contributed by atoms with van der Waals surface area (Å²) < 4.78 is 31.9. The predicted octanol–water partition coefficient (Wildman–Crippen LogP) is 1.79. The number of hydrogen-bond donors (Lipinski definition) is 2. The fourth-order valence-corrected chi connectivity index (χ4v) is 6.57. The second-order valence-corrected chi connectivity index (χ2v) is 10.9. The number of H-pyrrole nitrogens is 1. The number of rotatable bonds is 5. The molecular weight excluding hydrogens is 494 g/mol. The quantitative estimate of drug-likeness (QED) is 0.393. The number of sulfonamides is 1. The number of aliphatic hydroxyl groups excluding tert-OH is 1. The monoisotopic (exact) mass is 517 g/mol. The number of benzene rings is 2. The van der Waals surface area contributed by atoms with Crippen LogP contribution >= 0.6 is 11.6 Å². The second-order valence-electron chi connectivity index (χ2n) is 8.69. The smallest absolute Gasteiger partial charge is 0.328 e. The van der Waals surface area contributed by atoms with Crippen LogP contribution in [0.3, 0.4) is 0 Å². The molecule has 11 heteroatoms. The SMILES string of the molecule is COC(=O)[C@H]1Cc2c([nH]c3ccccc23)[C@H](c2ccc(S(=O)(=O)N3CC(O)C3)cc2)N1C(=O)CCl. The van der Waals surface area contributed by atoms with Crippen LogP contribution in [0.25, 0.3) is 10.9 Å². The Labute approximate surface area is 207 Å². The first-order valence-corrected chi connectivity index (χ1v) is 13.1. The highest BCUT2D eigenvalue weighted by Crippen LogP contribution is 2.41. The van der Waals surface area contributed by atoms with Crippen molar-refractivity contribution in [1.82, 2.24) is 14.2 Å². The van der Waals surface area contributed by atoms with E-state index in [9.17, 15) is 23.1 Å². The molecule has 0 bridgehead atoms. The number of alkyl halides is 1. The van der Waals surface area contributed by atoms with E-state index in [-0.39, 0.29) is 30.3 Å². The third-order valence-electron chi connectivity index (χ3n) is 6.67. The zero-order valence-corrected chi connectivity index (χ0v) is 20.4. The summed E-state index contributed by atoms with van der Waals surface area (Å²) in [5, 5.41) is 10.4. The summed E-state index contributed by atoms with van der Waals surface area (Å²) in [6.07, 6.45) is -0.397. The highest BCUT2D eigenvalue weighted by molar-refractivity contribution is 7.89. The van der Waals surface area contributed by atoms with Gasteiger partial charge >= 0.3 is 5.97 Å². The van der Waals surface area contributed by atoms with Crippen LogP contribution in [0.15, 0.2) is 53.4 Å². The number of hydrogen-bond acceptors (Lipinski definition) is 6. The number of amides is 1. The fourth-order valence-electron chi connectivity index (χ4n) is 4.92. The van der Waals surface area contributed by atoms with Gasteiger partial charge in [0.2, 0.25) is 15.9 Å². The van der Waals surface area contributed by atoms with Gasteiger partial charge in [0.15, 0.2) is 0 Å². The van der Waals surface area contributed by atoms with E-state index in [2.05, 4.69) is 4.98 Å². The van der Waals surface area contributed by atoms with Crippen molar-refractivity contribution in [2.24, 2.45) is 0 Å². The first kappa shape index (κ1) is 23.8. The van der Waals surface area contributed by atoms with E-state index < -0.39 is 40.1 Å². The van der Waals surface area contributed by atoms with Gasteiger partial charge in [0.1, 0.15) is 11.9 Å². The maximum Gasteiger partial charge on any atom is 0.328 e. The molecule has 2 N–H and O–H groups in total. The third-order valence-corrected chi connectivity index (χ3v) is 8.74. The summed E-state index contributed by atoms with van der Waals surface area (Å²) in [7, 11) is -2.46. The molecule has 0 spiro atoms. The lowest BCUT2D eigenvalue weighted by atomic mass is 9.88. The van der Waals surface area contributed by atoms with E-state index in [0.29, 0.717) is 5.56 Å². The van der Waals surface area contributed by atoms with E-state index in [1.807, 2.05) is 24.3 Å². The number of aromatic nitrogens is 1. The lowest BCUT2D eigenvalue weighted by Gasteiger charge is -2.40. The molecule has 2 aromatic carbocycles. The van der Waals surface area contributed by atoms with Crippen LogP contribution in [0.5, 0.6) is 0 Å². The molecular formula is C24H24ClN3O6S. The number of ether oxygens (including phenoxy) is 1. The van der Waals surface area contributed by atoms with Gasteiger partial charge in [-0.2, -0.15) is 4.31 Å². The molecule has 5 rings (SSSR count). The average Bonchev–Trinajstić information content (AvgIpc) is 3.23. The van der Waals surface area contributed by atoms with E-state index in [1.165, 1.54) is 28.4 Å². The number of para-hydroxylation sites is 1. The molecule has 1 fully saturated rings. The Morgan fingerprint density at radius 1 is 1.14 bits per heavy atom. The number of fused-ring (bicyclic) bond motifs is 3. The Hall–Kier alpha value is -2.92. The number of aliphatic hydroxyl groups is 1. The summed E-state index contributed by atoms with van der Waals surface area (Å²) in [6, 6.07) is 12.3. The molecule has 35 heavy (non-hydrogen) atoms. The summed E-state index contributed by atoms with van der Waals surface area (Å²) >= 11 is 5.95. The van der Waals surface area contributed by atoms with Gasteiger partial charge in [-0.1, -0.05) is 30.3 Å². The first-order valence-electron chi connectivity index (χ1n) is 11.1. The number of methoxy groups -OCH3 is 1. The van der Waals surface area contributed by atoms with Crippen LogP contribution in [0, 0.1) is 0 Å². The van der Waals surface area contributed by atoms with Crippen LogP contribution in [-0.4, -0.2) is 77.8 Å². The standard InChI is InChI=1S/C24H24ClN3O6S/c1-34-24(31)20-10-18-17-4-2-3-5-19(17)26-22(18)23(28(20)21(30)11-25)14-6-8-16(9-7-14)35(32,33)27-12-15(29)13-27/h2-9,15,20,23,26,29H,10-13H2,1H3/t20-,23+/m1/s1. The lowest BCUT2D eigenvalue weighted by Crippen LogP contribution is -2.53. The molecule has 2 atom stereocenters. The largest absolute Gasteiger partial charge is 0.467 e. The van der Waals surface area contributed by atoms with Gasteiger partial charge in [0.25, 0.3) is 0 Å². The van der Waals surface area contributed by atoms with Gasteiger partial charge in [0.05, 0.1) is 24.2 Å². The van der Waals surface area contributed by atoms with Crippen LogP contribution in [0.4, 0.5) is 0 Å². The summed E-state index contributed by atoms with van der Waals surface area (Å²) in [5.41, 5.74) is 3.12. The molecule has 0 unspecified atom stereocenters. The van der Waals surface area contributed by atoms with Crippen molar-refractivity contribution >= 4 is 44.4 Å². The van der Waals surface area contributed by atoms with Crippen LogP contribution < -0.4 is 0 Å². The number of halogens is 1. The molecule has 3 heterocycles. The lowest BCUT2D eigenvalue weighted by molar-refractivity contribution is -0.154. The molecule has 184 valence electrons. The molecule has 2 aliphatic heterocycles. The highest BCUT2D eigenvalue weighted by Gasteiger charge is 2.44. The van der Waals surface area contributed by atoms with E-state index in [0.717, 1.165) is 22.2 Å². The number of β-amino-alcohol motifs (C(OH)–C–C–N with tert-alkyl or cyclic N) is 1. The van der Waals surface area contributed by atoms with Gasteiger partial charge in [-0.3, -0.25) is 4.79 Å². The molecule has 1 aromatic heterocycles. The van der Waals surface area contributed by atoms with Crippen molar-refractivity contribution in [1.29, 1.82) is 0 Å². The van der Waals surface area contributed by atoms with Crippen LogP contribution in [0.2, 0.25) is 0 Å². The number of nitrogens with one attached hydrogen (secondary N) is 1.